The highest BCUT2D eigenvalue weighted by molar-refractivity contribution is 6.35. The second-order valence-electron chi connectivity index (χ2n) is 4.59. The summed E-state index contributed by atoms with van der Waals surface area (Å²) in [5.41, 5.74) is -0.157. The van der Waals surface area contributed by atoms with Gasteiger partial charge in [-0.3, -0.25) is 4.76 Å². The molecule has 0 aliphatic carbocycles. The number of esters is 1. The summed E-state index contributed by atoms with van der Waals surface area (Å²) < 4.78 is 14.1. The Kier molecular flexibility index (Phi) is 4.72. The molecule has 0 saturated heterocycles. The normalized spacial score (nSPS) is 10.9. The molecule has 0 unspecified atom stereocenters. The Bertz CT molecular complexity index is 401. The van der Waals surface area contributed by atoms with Crippen LogP contribution in [0.3, 0.4) is 0 Å². The number of nitrogens with two attached hydrogens (primary N) is 1. The smallest absolute Gasteiger partial charge is 0.511 e. The van der Waals surface area contributed by atoms with Crippen molar-refractivity contribution in [3.05, 3.63) is 29.8 Å². The number of carbonyl (C=O) groups is 1. The van der Waals surface area contributed by atoms with Crippen molar-refractivity contribution in [1.29, 1.82) is 0 Å². The van der Waals surface area contributed by atoms with E-state index in [-0.39, 0.29) is 0 Å². The highest BCUT2D eigenvalue weighted by Crippen LogP contribution is 2.16. The largest absolute Gasteiger partial charge is 0.727 e. The fraction of sp³-hybridized carbons (Fsp3) is 0.364. The van der Waals surface area contributed by atoms with Crippen LogP contribution < -0.4 is 10.6 Å². The van der Waals surface area contributed by atoms with Crippen molar-refractivity contribution < 1.29 is 24.0 Å². The standard InChI is InChI=1S/C11H16BNO5/c1-11(2,3)16-10(14)8-4-6-9(7-5-8)17-12(15)18-13/h4-7,15H,13H2,1-3H3. The molecule has 98 valence electrons. The molecular formula is C11H16BNO5. The molecule has 0 radical (unpaired) electrons. The van der Waals surface area contributed by atoms with Gasteiger partial charge in [-0.25, -0.2) is 10.7 Å². The first-order chi connectivity index (χ1) is 8.31. The van der Waals surface area contributed by atoms with Crippen LogP contribution in [0.5, 0.6) is 5.75 Å². The first-order valence-electron chi connectivity index (χ1n) is 5.35. The molecule has 1 rings (SSSR count). The van der Waals surface area contributed by atoms with Crippen molar-refractivity contribution >= 4 is 13.3 Å². The lowest BCUT2D eigenvalue weighted by molar-refractivity contribution is 0.00695. The van der Waals surface area contributed by atoms with Crippen LogP contribution in [0.4, 0.5) is 0 Å². The van der Waals surface area contributed by atoms with Crippen molar-refractivity contribution in [2.45, 2.75) is 26.4 Å². The van der Waals surface area contributed by atoms with E-state index in [1.165, 1.54) is 24.3 Å². The molecule has 0 bridgehead atoms. The molecule has 0 heterocycles. The minimum Gasteiger partial charge on any atom is -0.511 e. The van der Waals surface area contributed by atoms with Crippen LogP contribution in [-0.4, -0.2) is 23.9 Å². The van der Waals surface area contributed by atoms with Crippen molar-refractivity contribution in [1.82, 2.24) is 0 Å². The van der Waals surface area contributed by atoms with Crippen molar-refractivity contribution in [3.63, 3.8) is 0 Å². The number of rotatable bonds is 4. The molecule has 0 saturated carbocycles. The van der Waals surface area contributed by atoms with E-state index in [1.807, 2.05) is 0 Å². The fourth-order valence-electron chi connectivity index (χ4n) is 1.15. The molecule has 1 aromatic rings. The quantitative estimate of drug-likeness (QED) is 0.470. The van der Waals surface area contributed by atoms with Crippen LogP contribution in [0.25, 0.3) is 0 Å². The Morgan fingerprint density at radius 1 is 1.28 bits per heavy atom. The Balaban J connectivity index is 2.68. The third-order valence-corrected chi connectivity index (χ3v) is 1.84. The number of benzene rings is 1. The summed E-state index contributed by atoms with van der Waals surface area (Å²) in [5, 5.41) is 8.98. The van der Waals surface area contributed by atoms with E-state index < -0.39 is 18.9 Å². The lowest BCUT2D eigenvalue weighted by Crippen LogP contribution is -2.29. The first-order valence-corrected chi connectivity index (χ1v) is 5.35. The zero-order valence-electron chi connectivity index (χ0n) is 10.5. The minimum atomic E-state index is -1.54. The van der Waals surface area contributed by atoms with Crippen LogP contribution in [0.2, 0.25) is 0 Å². The Labute approximate surface area is 106 Å². The van der Waals surface area contributed by atoms with Gasteiger partial charge in [-0.2, -0.15) is 0 Å². The van der Waals surface area contributed by atoms with Gasteiger partial charge in [-0.05, 0) is 45.0 Å². The molecule has 18 heavy (non-hydrogen) atoms. The molecule has 3 N–H and O–H groups in total. The number of hydrogen-bond donors (Lipinski definition) is 2. The molecule has 1 aromatic carbocycles. The molecule has 0 amide bonds. The second kappa shape index (κ2) is 5.86. The van der Waals surface area contributed by atoms with E-state index in [9.17, 15) is 4.79 Å². The molecule has 7 heteroatoms. The fourth-order valence-corrected chi connectivity index (χ4v) is 1.15. The van der Waals surface area contributed by atoms with Crippen molar-refractivity contribution in [2.24, 2.45) is 5.90 Å². The predicted octanol–water partition coefficient (Wildman–Crippen LogP) is 0.888. The van der Waals surface area contributed by atoms with Crippen LogP contribution >= 0.6 is 0 Å². The summed E-state index contributed by atoms with van der Waals surface area (Å²) in [6.07, 6.45) is 0. The summed E-state index contributed by atoms with van der Waals surface area (Å²) in [6, 6.07) is 6.04. The minimum absolute atomic E-state index is 0.320. The molecule has 0 spiro atoms. The SMILES string of the molecule is CC(C)(C)OC(=O)c1ccc(OB(O)ON)cc1. The maximum absolute atomic E-state index is 11.7. The topological polar surface area (TPSA) is 91.0 Å². The van der Waals surface area contributed by atoms with E-state index in [0.29, 0.717) is 11.3 Å². The molecular weight excluding hydrogens is 237 g/mol. The van der Waals surface area contributed by atoms with Crippen LogP contribution in [0.1, 0.15) is 31.1 Å². The zero-order valence-corrected chi connectivity index (χ0v) is 10.5. The molecule has 0 fully saturated rings. The van der Waals surface area contributed by atoms with Gasteiger partial charge in [0.25, 0.3) is 0 Å². The van der Waals surface area contributed by atoms with Gasteiger partial charge in [-0.15, -0.1) is 0 Å². The van der Waals surface area contributed by atoms with Gasteiger partial charge in [0.1, 0.15) is 11.4 Å². The van der Waals surface area contributed by atoms with Gasteiger partial charge in [-0.1, -0.05) is 0 Å². The Morgan fingerprint density at radius 3 is 2.28 bits per heavy atom. The number of ether oxygens (including phenoxy) is 1. The maximum atomic E-state index is 11.7. The van der Waals surface area contributed by atoms with E-state index in [4.69, 9.17) is 20.3 Å². The van der Waals surface area contributed by atoms with E-state index >= 15 is 0 Å². The number of hydrogen-bond acceptors (Lipinski definition) is 6. The molecule has 0 aliphatic rings. The van der Waals surface area contributed by atoms with Gasteiger partial charge in [0.15, 0.2) is 0 Å². The highest BCUT2D eigenvalue weighted by atomic mass is 16.7. The Morgan fingerprint density at radius 2 is 1.83 bits per heavy atom. The molecule has 0 aliphatic heterocycles. The van der Waals surface area contributed by atoms with Crippen LogP contribution in [-0.2, 0) is 9.49 Å². The van der Waals surface area contributed by atoms with Gasteiger partial charge in [0.05, 0.1) is 5.56 Å². The third kappa shape index (κ3) is 4.74. The summed E-state index contributed by atoms with van der Waals surface area (Å²) >= 11 is 0. The number of carbonyl (C=O) groups excluding carboxylic acids is 1. The summed E-state index contributed by atoms with van der Waals surface area (Å²) in [7, 11) is -1.54. The molecule has 0 atom stereocenters. The summed E-state index contributed by atoms with van der Waals surface area (Å²) in [5.74, 6) is 4.61. The van der Waals surface area contributed by atoms with Gasteiger partial charge >= 0.3 is 13.3 Å². The maximum Gasteiger partial charge on any atom is 0.727 e. The zero-order chi connectivity index (χ0) is 13.8. The Hall–Kier alpha value is -1.57. The highest BCUT2D eigenvalue weighted by Gasteiger charge is 2.19. The lowest BCUT2D eigenvalue weighted by Gasteiger charge is -2.19. The third-order valence-electron chi connectivity index (χ3n) is 1.84. The predicted molar refractivity (Wildman–Crippen MR) is 65.5 cm³/mol. The monoisotopic (exact) mass is 253 g/mol. The first kappa shape index (κ1) is 14.5. The van der Waals surface area contributed by atoms with Crippen LogP contribution in [0.15, 0.2) is 24.3 Å². The van der Waals surface area contributed by atoms with Gasteiger partial charge in [0, 0.05) is 0 Å². The van der Waals surface area contributed by atoms with E-state index in [0.717, 1.165) is 0 Å². The van der Waals surface area contributed by atoms with E-state index in [2.05, 4.69) is 4.76 Å². The lowest BCUT2D eigenvalue weighted by atomic mass is 10.1. The van der Waals surface area contributed by atoms with Crippen LogP contribution in [0, 0.1) is 0 Å². The second-order valence-corrected chi connectivity index (χ2v) is 4.59. The summed E-state index contributed by atoms with van der Waals surface area (Å²) in [6.45, 7) is 5.37. The average molecular weight is 253 g/mol. The summed E-state index contributed by atoms with van der Waals surface area (Å²) in [4.78, 5) is 11.7. The molecule has 0 aromatic heterocycles. The molecule has 6 nitrogen and oxygen atoms in total. The van der Waals surface area contributed by atoms with Gasteiger partial charge < -0.3 is 14.4 Å². The van der Waals surface area contributed by atoms with Gasteiger partial charge in [0.2, 0.25) is 0 Å². The van der Waals surface area contributed by atoms with E-state index in [1.54, 1.807) is 20.8 Å². The van der Waals surface area contributed by atoms with Crippen molar-refractivity contribution in [3.8, 4) is 5.75 Å². The van der Waals surface area contributed by atoms with Crippen molar-refractivity contribution in [2.75, 3.05) is 0 Å². The average Bonchev–Trinajstić information content (AvgIpc) is 2.27.